The molecule has 1 aliphatic rings. The molecular weight excluding hydrogens is 737 g/mol. The van der Waals surface area contributed by atoms with Crippen LogP contribution < -0.4 is 9.80 Å². The third-order valence-corrected chi connectivity index (χ3v) is 12.6. The van der Waals surface area contributed by atoms with Crippen molar-refractivity contribution in [2.75, 3.05) is 9.80 Å². The van der Waals surface area contributed by atoms with Crippen molar-refractivity contribution in [3.8, 4) is 11.1 Å². The molecule has 0 saturated heterocycles. The fraction of sp³-hybridized carbons (Fsp3) is 0.0508. The third kappa shape index (κ3) is 6.45. The smallest absolute Gasteiger partial charge is 0.0546 e. The van der Waals surface area contributed by atoms with Gasteiger partial charge in [-0.05, 0) is 127 Å². The molecule has 0 amide bonds. The fourth-order valence-electron chi connectivity index (χ4n) is 9.48. The molecule has 0 aliphatic heterocycles. The summed E-state index contributed by atoms with van der Waals surface area (Å²) in [5.74, 6) is 0. The van der Waals surface area contributed by atoms with Crippen molar-refractivity contribution in [1.29, 1.82) is 0 Å². The SMILES string of the molecule is CC1(C)c2cc(C=Cc3ccc(N(c4ccc5ccccc5c4)c4cc5ccccc5c5ccccc45)cc3)ccc2-c2ccc(N(c3ccccc3)c3ccccc3)cc21. The molecule has 0 radical (unpaired) electrons. The van der Waals surface area contributed by atoms with Gasteiger partial charge in [0.05, 0.1) is 5.69 Å². The molecular formula is C59H44N2. The van der Waals surface area contributed by atoms with Crippen LogP contribution in [-0.2, 0) is 5.41 Å². The summed E-state index contributed by atoms with van der Waals surface area (Å²) in [6, 6.07) is 79.5. The lowest BCUT2D eigenvalue weighted by Gasteiger charge is -2.28. The second kappa shape index (κ2) is 14.9. The Bertz CT molecular complexity index is 3230. The van der Waals surface area contributed by atoms with Gasteiger partial charge in [-0.2, -0.15) is 0 Å². The van der Waals surface area contributed by atoms with E-state index in [4.69, 9.17) is 0 Å². The Balaban J connectivity index is 0.925. The summed E-state index contributed by atoms with van der Waals surface area (Å²) in [5.41, 5.74) is 14.4. The van der Waals surface area contributed by atoms with Crippen molar-refractivity contribution in [2.45, 2.75) is 19.3 Å². The Labute approximate surface area is 357 Å². The van der Waals surface area contributed by atoms with E-state index in [-0.39, 0.29) is 5.41 Å². The van der Waals surface area contributed by atoms with Gasteiger partial charge in [-0.3, -0.25) is 0 Å². The van der Waals surface area contributed by atoms with E-state index in [1.54, 1.807) is 0 Å². The van der Waals surface area contributed by atoms with Crippen LogP contribution in [0.15, 0.2) is 218 Å². The predicted molar refractivity (Wildman–Crippen MR) is 261 cm³/mol. The van der Waals surface area contributed by atoms with Crippen molar-refractivity contribution >= 4 is 78.6 Å². The summed E-state index contributed by atoms with van der Waals surface area (Å²) in [5, 5.41) is 7.42. The van der Waals surface area contributed by atoms with Gasteiger partial charge in [0, 0.05) is 39.2 Å². The van der Waals surface area contributed by atoms with Crippen LogP contribution in [0.25, 0.3) is 55.6 Å². The highest BCUT2D eigenvalue weighted by Crippen LogP contribution is 2.51. The zero-order valence-electron chi connectivity index (χ0n) is 34.3. The van der Waals surface area contributed by atoms with E-state index in [0.717, 1.165) is 39.7 Å². The number of rotatable bonds is 8. The molecule has 0 spiro atoms. The van der Waals surface area contributed by atoms with Crippen molar-refractivity contribution in [1.82, 2.24) is 0 Å². The second-order valence-corrected chi connectivity index (χ2v) is 16.6. The van der Waals surface area contributed by atoms with Crippen molar-refractivity contribution in [2.24, 2.45) is 0 Å². The molecule has 10 aromatic carbocycles. The Morgan fingerprint density at radius 3 is 1.54 bits per heavy atom. The van der Waals surface area contributed by atoms with Gasteiger partial charge in [-0.15, -0.1) is 0 Å². The Morgan fingerprint density at radius 1 is 0.328 bits per heavy atom. The zero-order valence-corrected chi connectivity index (χ0v) is 34.3. The number of para-hydroxylation sites is 2. The van der Waals surface area contributed by atoms with E-state index in [9.17, 15) is 0 Å². The molecule has 0 unspecified atom stereocenters. The van der Waals surface area contributed by atoms with Crippen LogP contribution >= 0.6 is 0 Å². The highest BCUT2D eigenvalue weighted by Gasteiger charge is 2.36. The molecule has 290 valence electrons. The average molecular weight is 781 g/mol. The summed E-state index contributed by atoms with van der Waals surface area (Å²) in [4.78, 5) is 4.77. The normalized spacial score (nSPS) is 12.8. The number of hydrogen-bond acceptors (Lipinski definition) is 2. The zero-order chi connectivity index (χ0) is 40.9. The van der Waals surface area contributed by atoms with Crippen LogP contribution in [0.5, 0.6) is 0 Å². The standard InChI is InChI=1S/C59H44N2/c1-59(2)56-37-42(29-35-53(56)54-36-34-50(40-57(54)59)60(46-18-5-3-6-19-46)47-20-7-4-8-21-47)26-25-41-27-31-48(32-28-41)61(49-33-30-43-15-9-10-16-44(43)38-49)58-39-45-17-11-12-22-51(45)52-23-13-14-24-55(52)58/h3-40H,1-2H3. The molecule has 0 bridgehead atoms. The summed E-state index contributed by atoms with van der Waals surface area (Å²) in [7, 11) is 0. The van der Waals surface area contributed by atoms with Gasteiger partial charge in [0.25, 0.3) is 0 Å². The molecule has 0 saturated carbocycles. The maximum atomic E-state index is 2.42. The van der Waals surface area contributed by atoms with Crippen LogP contribution in [0, 0.1) is 0 Å². The Hall–Kier alpha value is -7.68. The topological polar surface area (TPSA) is 6.48 Å². The van der Waals surface area contributed by atoms with Gasteiger partial charge in [0.15, 0.2) is 0 Å². The Morgan fingerprint density at radius 2 is 0.820 bits per heavy atom. The highest BCUT2D eigenvalue weighted by atomic mass is 15.1. The van der Waals surface area contributed by atoms with Gasteiger partial charge in [-0.25, -0.2) is 0 Å². The number of benzene rings is 10. The lowest BCUT2D eigenvalue weighted by atomic mass is 9.81. The largest absolute Gasteiger partial charge is 0.310 e. The molecule has 2 nitrogen and oxygen atoms in total. The lowest BCUT2D eigenvalue weighted by molar-refractivity contribution is 0.660. The van der Waals surface area contributed by atoms with Crippen LogP contribution in [0.2, 0.25) is 0 Å². The highest BCUT2D eigenvalue weighted by molar-refractivity contribution is 6.14. The van der Waals surface area contributed by atoms with Gasteiger partial charge in [-0.1, -0.05) is 178 Å². The molecule has 10 aromatic rings. The predicted octanol–water partition coefficient (Wildman–Crippen LogP) is 16.6. The molecule has 2 heteroatoms. The third-order valence-electron chi connectivity index (χ3n) is 12.6. The molecule has 0 N–H and O–H groups in total. The molecule has 0 atom stereocenters. The van der Waals surface area contributed by atoms with E-state index in [0.29, 0.717) is 0 Å². The van der Waals surface area contributed by atoms with E-state index >= 15 is 0 Å². The maximum Gasteiger partial charge on any atom is 0.0546 e. The monoisotopic (exact) mass is 780 g/mol. The van der Waals surface area contributed by atoms with Crippen molar-refractivity contribution in [3.05, 3.63) is 241 Å². The quantitative estimate of drug-likeness (QED) is 0.112. The summed E-state index contributed by atoms with van der Waals surface area (Å²) in [6.07, 6.45) is 4.49. The summed E-state index contributed by atoms with van der Waals surface area (Å²) < 4.78 is 0. The first-order valence-corrected chi connectivity index (χ1v) is 21.2. The molecule has 1 aliphatic carbocycles. The molecule has 61 heavy (non-hydrogen) atoms. The van der Waals surface area contributed by atoms with Crippen molar-refractivity contribution < 1.29 is 0 Å². The van der Waals surface area contributed by atoms with Crippen LogP contribution in [0.3, 0.4) is 0 Å². The first kappa shape index (κ1) is 36.4. The lowest BCUT2D eigenvalue weighted by Crippen LogP contribution is -2.16. The van der Waals surface area contributed by atoms with Crippen LogP contribution in [0.1, 0.15) is 36.1 Å². The molecule has 0 heterocycles. The summed E-state index contributed by atoms with van der Waals surface area (Å²) in [6.45, 7) is 4.73. The van der Waals surface area contributed by atoms with Crippen LogP contribution in [-0.4, -0.2) is 0 Å². The maximum absolute atomic E-state index is 2.42. The first-order valence-electron chi connectivity index (χ1n) is 21.2. The Kier molecular flexibility index (Phi) is 8.86. The van der Waals surface area contributed by atoms with Gasteiger partial charge >= 0.3 is 0 Å². The minimum atomic E-state index is -0.162. The van der Waals surface area contributed by atoms with Gasteiger partial charge in [0.1, 0.15) is 0 Å². The first-order chi connectivity index (χ1) is 30.0. The number of nitrogens with zero attached hydrogens (tertiary/aromatic N) is 2. The fourth-order valence-corrected chi connectivity index (χ4v) is 9.48. The molecule has 0 fully saturated rings. The van der Waals surface area contributed by atoms with Crippen LogP contribution in [0.4, 0.5) is 34.1 Å². The van der Waals surface area contributed by atoms with E-state index in [2.05, 4.69) is 254 Å². The van der Waals surface area contributed by atoms with E-state index in [1.165, 1.54) is 60.1 Å². The minimum absolute atomic E-state index is 0.162. The molecule has 11 rings (SSSR count). The number of fused-ring (bicyclic) bond motifs is 7. The van der Waals surface area contributed by atoms with Gasteiger partial charge in [0.2, 0.25) is 0 Å². The minimum Gasteiger partial charge on any atom is -0.310 e. The van der Waals surface area contributed by atoms with E-state index in [1.807, 2.05) is 0 Å². The van der Waals surface area contributed by atoms with E-state index < -0.39 is 0 Å². The summed E-state index contributed by atoms with van der Waals surface area (Å²) >= 11 is 0. The van der Waals surface area contributed by atoms with Crippen molar-refractivity contribution in [3.63, 3.8) is 0 Å². The average Bonchev–Trinajstić information content (AvgIpc) is 3.54. The second-order valence-electron chi connectivity index (χ2n) is 16.6. The number of anilines is 6. The van der Waals surface area contributed by atoms with Gasteiger partial charge < -0.3 is 9.80 Å². The molecule has 0 aromatic heterocycles. The number of hydrogen-bond donors (Lipinski definition) is 0.